The molecular weight excluding hydrogens is 591 g/mol. The van der Waals surface area contributed by atoms with Crippen LogP contribution in [0.3, 0.4) is 0 Å². The summed E-state index contributed by atoms with van der Waals surface area (Å²) in [5.41, 5.74) is 15.9. The molecule has 0 unspecified atom stereocenters. The van der Waals surface area contributed by atoms with Gasteiger partial charge in [0.05, 0.1) is 22.8 Å². The lowest BCUT2D eigenvalue weighted by Crippen LogP contribution is -2.03. The van der Waals surface area contributed by atoms with Crippen molar-refractivity contribution in [1.29, 1.82) is 0 Å². The highest BCUT2D eigenvalue weighted by Gasteiger charge is 2.26. The number of aromatic nitrogens is 5. The molecule has 5 aromatic rings. The van der Waals surface area contributed by atoms with Gasteiger partial charge in [0.1, 0.15) is 0 Å². The zero-order valence-corrected chi connectivity index (χ0v) is 25.7. The third-order valence-corrected chi connectivity index (χ3v) is 8.88. The third-order valence-electron chi connectivity index (χ3n) is 8.88. The maximum atomic E-state index is 5.32. The number of hydrogen-bond donors (Lipinski definition) is 1. The summed E-state index contributed by atoms with van der Waals surface area (Å²) in [4.78, 5) is 31.9. The van der Waals surface area contributed by atoms with Gasteiger partial charge >= 0.3 is 0 Å². The number of aliphatic imine (C=N–C) groups is 2. The quantitative estimate of drug-likeness (QED) is 0.221. The zero-order valence-electron chi connectivity index (χ0n) is 25.7. The molecule has 0 saturated carbocycles. The molecule has 9 rings (SSSR count). The number of nitrogens with zero attached hydrogens (tertiary/aromatic N) is 6. The Morgan fingerprint density at radius 1 is 0.417 bits per heavy atom. The van der Waals surface area contributed by atoms with Gasteiger partial charge in [0, 0.05) is 94.4 Å². The summed E-state index contributed by atoms with van der Waals surface area (Å²) in [5, 5.41) is 0. The highest BCUT2D eigenvalue weighted by atomic mass is 14.8. The standard InChI is InChI=1S/C41H27N7/c1-3-30(24-44-17-1)40-34-9-7-32(46-34)38(26-13-19-42-20-14-26)28-5-6-29(23-28)39(27-15-21-43-22-16-27)33-8-10-35(47-33)41(31-4-2-18-45-25-31)37-12-11-36(40)48-37/h1-22,24-25,48H,23H2. The smallest absolute Gasteiger partial charge is 0.0737 e. The maximum Gasteiger partial charge on any atom is 0.0737 e. The second kappa shape index (κ2) is 11.6. The number of pyridine rings is 4. The van der Waals surface area contributed by atoms with Crippen molar-refractivity contribution < 1.29 is 0 Å². The Morgan fingerprint density at radius 2 is 0.896 bits per heavy atom. The Balaban J connectivity index is 1.36. The Hall–Kier alpha value is -6.60. The summed E-state index contributed by atoms with van der Waals surface area (Å²) in [5.74, 6) is 0. The van der Waals surface area contributed by atoms with E-state index < -0.39 is 0 Å². The number of fused-ring (bicyclic) bond motifs is 6. The first-order chi connectivity index (χ1) is 23.8. The minimum absolute atomic E-state index is 0.718. The Bertz CT molecular complexity index is 2200. The summed E-state index contributed by atoms with van der Waals surface area (Å²) in [6.07, 6.45) is 28.3. The van der Waals surface area contributed by atoms with Crippen LogP contribution in [0.25, 0.3) is 22.3 Å². The number of rotatable bonds is 4. The predicted molar refractivity (Wildman–Crippen MR) is 191 cm³/mol. The fraction of sp³-hybridized carbons (Fsp3) is 0.0244. The van der Waals surface area contributed by atoms with Crippen LogP contribution in [0.4, 0.5) is 0 Å². The summed E-state index contributed by atoms with van der Waals surface area (Å²) < 4.78 is 0. The topological polar surface area (TPSA) is 92.1 Å². The van der Waals surface area contributed by atoms with Gasteiger partial charge in [0.25, 0.3) is 0 Å². The minimum atomic E-state index is 0.718. The van der Waals surface area contributed by atoms with Crippen LogP contribution >= 0.6 is 0 Å². The first-order valence-electron chi connectivity index (χ1n) is 15.8. The molecule has 8 bridgehead atoms. The third kappa shape index (κ3) is 4.85. The van der Waals surface area contributed by atoms with Gasteiger partial charge in [-0.2, -0.15) is 0 Å². The van der Waals surface area contributed by atoms with Crippen LogP contribution in [0.1, 0.15) is 40.1 Å². The van der Waals surface area contributed by atoms with Gasteiger partial charge in [0.15, 0.2) is 0 Å². The highest BCUT2D eigenvalue weighted by molar-refractivity contribution is 6.34. The van der Waals surface area contributed by atoms with Crippen molar-refractivity contribution in [3.8, 4) is 0 Å². The van der Waals surface area contributed by atoms with Crippen LogP contribution in [0.15, 0.2) is 179 Å². The molecule has 0 aromatic carbocycles. The van der Waals surface area contributed by atoms with Gasteiger partial charge in [-0.3, -0.25) is 19.9 Å². The van der Waals surface area contributed by atoms with Gasteiger partial charge < -0.3 is 4.98 Å². The fourth-order valence-corrected chi connectivity index (χ4v) is 6.77. The van der Waals surface area contributed by atoms with E-state index in [-0.39, 0.29) is 0 Å². The molecule has 1 aliphatic carbocycles. The van der Waals surface area contributed by atoms with Gasteiger partial charge in [0.2, 0.25) is 0 Å². The van der Waals surface area contributed by atoms with E-state index in [1.54, 1.807) is 12.4 Å². The molecule has 226 valence electrons. The van der Waals surface area contributed by atoms with Crippen molar-refractivity contribution in [2.75, 3.05) is 0 Å². The molecule has 0 radical (unpaired) electrons. The van der Waals surface area contributed by atoms with Crippen LogP contribution in [-0.4, -0.2) is 36.3 Å². The Morgan fingerprint density at radius 3 is 1.33 bits per heavy atom. The number of H-pyrrole nitrogens is 1. The van der Waals surface area contributed by atoms with Crippen molar-refractivity contribution in [2.24, 2.45) is 9.98 Å². The van der Waals surface area contributed by atoms with Crippen LogP contribution in [0, 0.1) is 0 Å². The largest absolute Gasteiger partial charge is 0.354 e. The highest BCUT2D eigenvalue weighted by Crippen LogP contribution is 2.40. The predicted octanol–water partition coefficient (Wildman–Crippen LogP) is 8.02. The molecule has 0 fully saturated rings. The molecule has 0 atom stereocenters. The summed E-state index contributed by atoms with van der Waals surface area (Å²) >= 11 is 0. The van der Waals surface area contributed by atoms with E-state index in [0.717, 1.165) is 85.2 Å². The monoisotopic (exact) mass is 617 g/mol. The average Bonchev–Trinajstić information content (AvgIpc) is 3.98. The lowest BCUT2D eigenvalue weighted by Gasteiger charge is -2.14. The minimum Gasteiger partial charge on any atom is -0.354 e. The summed E-state index contributed by atoms with van der Waals surface area (Å²) in [7, 11) is 0. The molecule has 48 heavy (non-hydrogen) atoms. The fourth-order valence-electron chi connectivity index (χ4n) is 6.77. The van der Waals surface area contributed by atoms with E-state index in [2.05, 4.69) is 110 Å². The Labute approximate surface area is 277 Å². The second-order valence-corrected chi connectivity index (χ2v) is 11.7. The lowest BCUT2D eigenvalue weighted by atomic mass is 9.92. The first kappa shape index (κ1) is 27.7. The maximum absolute atomic E-state index is 5.32. The van der Waals surface area contributed by atoms with Gasteiger partial charge in [-0.1, -0.05) is 24.3 Å². The molecule has 5 aromatic heterocycles. The molecule has 1 N–H and O–H groups in total. The summed E-state index contributed by atoms with van der Waals surface area (Å²) in [6.45, 7) is 0. The van der Waals surface area contributed by atoms with E-state index in [1.807, 2.05) is 49.3 Å². The van der Waals surface area contributed by atoms with Crippen molar-refractivity contribution in [2.45, 2.75) is 6.42 Å². The normalized spacial score (nSPS) is 16.8. The molecule has 0 spiro atoms. The van der Waals surface area contributed by atoms with Gasteiger partial charge in [-0.05, 0) is 102 Å². The molecule has 0 amide bonds. The second-order valence-electron chi connectivity index (χ2n) is 11.7. The van der Waals surface area contributed by atoms with Crippen LogP contribution in [0.2, 0.25) is 0 Å². The van der Waals surface area contributed by atoms with Crippen molar-refractivity contribution >= 4 is 33.7 Å². The van der Waals surface area contributed by atoms with Crippen LogP contribution in [-0.2, 0) is 0 Å². The van der Waals surface area contributed by atoms with E-state index in [0.29, 0.717) is 0 Å². The van der Waals surface area contributed by atoms with E-state index in [1.165, 1.54) is 11.1 Å². The number of allylic oxidation sites excluding steroid dienone is 10. The lowest BCUT2D eigenvalue weighted by molar-refractivity contribution is 1.24. The zero-order chi connectivity index (χ0) is 31.9. The molecule has 7 heteroatoms. The van der Waals surface area contributed by atoms with Crippen LogP contribution in [0.5, 0.6) is 0 Å². The Kier molecular flexibility index (Phi) is 6.72. The van der Waals surface area contributed by atoms with Crippen molar-refractivity contribution in [3.05, 3.63) is 203 Å². The molecule has 8 heterocycles. The average molecular weight is 618 g/mol. The molecular formula is C41H27N7. The molecule has 3 aliphatic heterocycles. The van der Waals surface area contributed by atoms with E-state index >= 15 is 0 Å². The SMILES string of the molecule is C1=CC2=C(c3cccnc3)c3ccc([nH]3)C(c3cccnc3)=C3C=CC(=N3)C(c3ccncc3)=C3C=CC(=C(c4ccncc4)C1=N2)C3. The molecule has 4 aliphatic rings. The molecule has 0 saturated heterocycles. The number of hydrogen-bond acceptors (Lipinski definition) is 6. The number of nitrogens with one attached hydrogen (secondary N) is 1. The van der Waals surface area contributed by atoms with Crippen molar-refractivity contribution in [1.82, 2.24) is 24.9 Å². The first-order valence-corrected chi connectivity index (χ1v) is 15.8. The van der Waals surface area contributed by atoms with Gasteiger partial charge in [-0.25, -0.2) is 9.98 Å². The van der Waals surface area contributed by atoms with Crippen molar-refractivity contribution in [3.63, 3.8) is 0 Å². The van der Waals surface area contributed by atoms with Gasteiger partial charge in [-0.15, -0.1) is 0 Å². The van der Waals surface area contributed by atoms with E-state index in [4.69, 9.17) is 9.98 Å². The molecule has 7 nitrogen and oxygen atoms in total. The van der Waals surface area contributed by atoms with Crippen LogP contribution < -0.4 is 0 Å². The van der Waals surface area contributed by atoms with E-state index in [9.17, 15) is 0 Å². The number of aromatic amines is 1. The summed E-state index contributed by atoms with van der Waals surface area (Å²) in [6, 6.07) is 20.5.